The average Bonchev–Trinajstić information content (AvgIpc) is 3.45. The van der Waals surface area contributed by atoms with E-state index in [0.717, 1.165) is 38.3 Å². The van der Waals surface area contributed by atoms with Crippen LogP contribution >= 0.6 is 0 Å². The quantitative estimate of drug-likeness (QED) is 0.721. The number of nitrogens with zero attached hydrogens (tertiary/aromatic N) is 3. The van der Waals surface area contributed by atoms with E-state index in [4.69, 9.17) is 0 Å². The number of fused-ring (bicyclic) bond motifs is 8. The Bertz CT molecular complexity index is 1030. The second-order valence-electron chi connectivity index (χ2n) is 9.47. The van der Waals surface area contributed by atoms with Gasteiger partial charge in [-0.15, -0.1) is 0 Å². The van der Waals surface area contributed by atoms with Crippen molar-refractivity contribution in [2.24, 2.45) is 13.0 Å². The molecule has 0 amide bonds. The second-order valence-corrected chi connectivity index (χ2v) is 9.47. The first-order valence-electron chi connectivity index (χ1n) is 11.2. The van der Waals surface area contributed by atoms with E-state index < -0.39 is 6.10 Å². The molecule has 2 bridgehead atoms. The molecule has 30 heavy (non-hydrogen) atoms. The molecule has 0 spiro atoms. The van der Waals surface area contributed by atoms with E-state index >= 15 is 0 Å². The molecule has 6 rings (SSSR count). The maximum atomic E-state index is 10.8. The molecule has 2 aliphatic carbocycles. The van der Waals surface area contributed by atoms with E-state index in [1.54, 1.807) is 17.3 Å². The van der Waals surface area contributed by atoms with Gasteiger partial charge in [0, 0.05) is 37.3 Å². The summed E-state index contributed by atoms with van der Waals surface area (Å²) in [5.41, 5.74) is 6.29. The Balaban J connectivity index is 1.24. The third kappa shape index (κ3) is 2.57. The van der Waals surface area contributed by atoms with Crippen molar-refractivity contribution in [2.45, 2.75) is 36.7 Å². The van der Waals surface area contributed by atoms with Crippen LogP contribution in [0.3, 0.4) is 0 Å². The summed E-state index contributed by atoms with van der Waals surface area (Å²) in [5.74, 6) is 1.64. The summed E-state index contributed by atoms with van der Waals surface area (Å²) < 4.78 is 1.95. The van der Waals surface area contributed by atoms with Crippen molar-refractivity contribution in [3.05, 3.63) is 89.0 Å². The smallest absolute Gasteiger partial charge is 0.137 e. The number of benzene rings is 2. The van der Waals surface area contributed by atoms with E-state index in [9.17, 15) is 5.11 Å². The standard InChI is InChI=1S/C26H29N3O/c1-28-15-12-27-25(28)24(30)18-10-13-29(14-11-18)17-26-16-21(19-6-2-4-8-22(19)26)20-7-3-5-9-23(20)26/h2-9,12,15,18,21,24,30H,10-11,13-14,16-17H2,1H3. The molecule has 0 radical (unpaired) electrons. The molecule has 3 aromatic rings. The summed E-state index contributed by atoms with van der Waals surface area (Å²) in [6, 6.07) is 18.2. The molecule has 1 aromatic heterocycles. The predicted octanol–water partition coefficient (Wildman–Crippen LogP) is 4.00. The highest BCUT2D eigenvalue weighted by atomic mass is 16.3. The lowest BCUT2D eigenvalue weighted by atomic mass is 9.74. The minimum atomic E-state index is -0.464. The minimum absolute atomic E-state index is 0.128. The summed E-state index contributed by atoms with van der Waals surface area (Å²) in [6.07, 6.45) is 6.49. The number of imidazole rings is 1. The van der Waals surface area contributed by atoms with Gasteiger partial charge in [0.15, 0.2) is 0 Å². The third-order valence-corrected chi connectivity index (χ3v) is 7.95. The first kappa shape index (κ1) is 18.3. The Hall–Kier alpha value is -2.43. The van der Waals surface area contributed by atoms with Crippen molar-refractivity contribution in [3.8, 4) is 0 Å². The molecule has 154 valence electrons. The predicted molar refractivity (Wildman–Crippen MR) is 117 cm³/mol. The van der Waals surface area contributed by atoms with Gasteiger partial charge in [-0.05, 0) is 60.5 Å². The molecule has 4 nitrogen and oxygen atoms in total. The molecule has 1 N–H and O–H groups in total. The fourth-order valence-corrected chi connectivity index (χ4v) is 6.49. The Kier molecular flexibility index (Phi) is 4.15. The number of likely N-dealkylation sites (tertiary alicyclic amines) is 1. The second kappa shape index (κ2) is 6.79. The Morgan fingerprint density at radius 1 is 1.03 bits per heavy atom. The molecular formula is C26H29N3O. The normalized spacial score (nSPS) is 26.5. The highest BCUT2D eigenvalue weighted by Gasteiger charge is 2.53. The van der Waals surface area contributed by atoms with Crippen molar-refractivity contribution in [3.63, 3.8) is 0 Å². The fourth-order valence-electron chi connectivity index (χ4n) is 6.49. The summed E-state index contributed by atoms with van der Waals surface area (Å²) >= 11 is 0. The molecule has 0 saturated carbocycles. The topological polar surface area (TPSA) is 41.3 Å². The fraction of sp³-hybridized carbons (Fsp3) is 0.423. The lowest BCUT2D eigenvalue weighted by molar-refractivity contribution is 0.0468. The summed E-state index contributed by atoms with van der Waals surface area (Å²) in [4.78, 5) is 7.01. The molecule has 4 heteroatoms. The largest absolute Gasteiger partial charge is 0.385 e. The number of aryl methyl sites for hydroxylation is 1. The summed E-state index contributed by atoms with van der Waals surface area (Å²) in [6.45, 7) is 3.18. The number of aliphatic hydroxyl groups is 1. The van der Waals surface area contributed by atoms with Crippen LogP contribution in [-0.4, -0.2) is 39.2 Å². The molecule has 1 atom stereocenters. The van der Waals surface area contributed by atoms with Crippen molar-refractivity contribution < 1.29 is 5.11 Å². The van der Waals surface area contributed by atoms with Gasteiger partial charge >= 0.3 is 0 Å². The zero-order valence-electron chi connectivity index (χ0n) is 17.5. The zero-order valence-corrected chi connectivity index (χ0v) is 17.5. The lowest BCUT2D eigenvalue weighted by Crippen LogP contribution is -2.44. The van der Waals surface area contributed by atoms with Crippen LogP contribution in [0.1, 0.15) is 59.4 Å². The van der Waals surface area contributed by atoms with E-state index in [1.165, 1.54) is 17.5 Å². The van der Waals surface area contributed by atoms with Gasteiger partial charge < -0.3 is 14.6 Å². The number of hydrogen-bond donors (Lipinski definition) is 1. The monoisotopic (exact) mass is 399 g/mol. The van der Waals surface area contributed by atoms with Gasteiger partial charge in [0.2, 0.25) is 0 Å². The molecule has 1 saturated heterocycles. The Morgan fingerprint density at radius 2 is 1.67 bits per heavy atom. The first-order chi connectivity index (χ1) is 14.7. The SMILES string of the molecule is Cn1ccnc1C(O)C1CCN(CC23CC(c4ccccc42)c2ccccc23)CC1. The summed E-state index contributed by atoms with van der Waals surface area (Å²) in [5, 5.41) is 10.8. The van der Waals surface area contributed by atoms with Crippen LogP contribution in [0.5, 0.6) is 0 Å². The zero-order chi connectivity index (χ0) is 20.3. The van der Waals surface area contributed by atoms with Crippen LogP contribution < -0.4 is 0 Å². The lowest BCUT2D eigenvalue weighted by Gasteiger charge is -2.40. The van der Waals surface area contributed by atoms with Crippen LogP contribution in [0.25, 0.3) is 0 Å². The molecule has 1 fully saturated rings. The van der Waals surface area contributed by atoms with Gasteiger partial charge in [0.1, 0.15) is 11.9 Å². The van der Waals surface area contributed by atoms with E-state index in [0.29, 0.717) is 11.8 Å². The number of aromatic nitrogens is 2. The number of rotatable bonds is 4. The minimum Gasteiger partial charge on any atom is -0.385 e. The van der Waals surface area contributed by atoms with Gasteiger partial charge in [-0.3, -0.25) is 0 Å². The Morgan fingerprint density at radius 3 is 2.27 bits per heavy atom. The molecule has 1 aliphatic heterocycles. The van der Waals surface area contributed by atoms with Crippen LogP contribution in [-0.2, 0) is 12.5 Å². The molecular weight excluding hydrogens is 370 g/mol. The van der Waals surface area contributed by atoms with Crippen LogP contribution in [0.15, 0.2) is 60.9 Å². The maximum absolute atomic E-state index is 10.8. The molecule has 3 aliphatic rings. The highest BCUT2D eigenvalue weighted by molar-refractivity contribution is 5.62. The number of aliphatic hydroxyl groups excluding tert-OH is 1. The number of hydrogen-bond acceptors (Lipinski definition) is 3. The van der Waals surface area contributed by atoms with Crippen molar-refractivity contribution >= 4 is 0 Å². The summed E-state index contributed by atoms with van der Waals surface area (Å²) in [7, 11) is 1.96. The molecule has 2 aromatic carbocycles. The van der Waals surface area contributed by atoms with Gasteiger partial charge in [-0.25, -0.2) is 4.98 Å². The molecule has 2 heterocycles. The first-order valence-corrected chi connectivity index (χ1v) is 11.2. The highest BCUT2D eigenvalue weighted by Crippen LogP contribution is 2.60. The van der Waals surface area contributed by atoms with Gasteiger partial charge in [0.05, 0.1) is 0 Å². The van der Waals surface area contributed by atoms with Crippen LogP contribution in [0, 0.1) is 5.92 Å². The van der Waals surface area contributed by atoms with E-state index in [2.05, 4.69) is 58.4 Å². The van der Waals surface area contributed by atoms with E-state index in [1.807, 2.05) is 17.8 Å². The maximum Gasteiger partial charge on any atom is 0.137 e. The van der Waals surface area contributed by atoms with Crippen LogP contribution in [0.4, 0.5) is 0 Å². The van der Waals surface area contributed by atoms with Gasteiger partial charge in [-0.2, -0.15) is 0 Å². The molecule has 1 unspecified atom stereocenters. The number of piperidine rings is 1. The van der Waals surface area contributed by atoms with Crippen molar-refractivity contribution in [1.82, 2.24) is 14.5 Å². The van der Waals surface area contributed by atoms with Crippen molar-refractivity contribution in [2.75, 3.05) is 19.6 Å². The average molecular weight is 400 g/mol. The van der Waals surface area contributed by atoms with Gasteiger partial charge in [-0.1, -0.05) is 48.5 Å². The third-order valence-electron chi connectivity index (χ3n) is 7.95. The van der Waals surface area contributed by atoms with Gasteiger partial charge in [0.25, 0.3) is 0 Å². The van der Waals surface area contributed by atoms with E-state index in [-0.39, 0.29) is 5.41 Å². The van der Waals surface area contributed by atoms with Crippen LogP contribution in [0.2, 0.25) is 0 Å². The Labute approximate surface area is 178 Å². The van der Waals surface area contributed by atoms with Crippen molar-refractivity contribution in [1.29, 1.82) is 0 Å².